The Morgan fingerprint density at radius 2 is 1.95 bits per heavy atom. The molecule has 2 aromatic carbocycles. The molecule has 0 aliphatic heterocycles. The van der Waals surface area contributed by atoms with Crippen LogP contribution in [0.5, 0.6) is 0 Å². The lowest BCUT2D eigenvalue weighted by Crippen LogP contribution is -2.21. The predicted molar refractivity (Wildman–Crippen MR) is 91.5 cm³/mol. The third-order valence-electron chi connectivity index (χ3n) is 3.41. The van der Waals surface area contributed by atoms with Gasteiger partial charge in [-0.1, -0.05) is 49.4 Å². The molecular formula is C17H16BrNS. The Balaban J connectivity index is 2.14. The smallest absolute Gasteiger partial charge is 0.0677 e. The number of rotatable bonds is 4. The summed E-state index contributed by atoms with van der Waals surface area (Å²) in [5, 5.41) is 8.37. The third-order valence-corrected chi connectivity index (χ3v) is 5.17. The van der Waals surface area contributed by atoms with Crippen molar-refractivity contribution < 1.29 is 0 Å². The zero-order valence-corrected chi connectivity index (χ0v) is 13.7. The SMILES string of the molecule is CCNC(c1cc(Br)cs1)c1cccc2ccccc12. The van der Waals surface area contributed by atoms with Crippen molar-refractivity contribution in [2.24, 2.45) is 0 Å². The van der Waals surface area contributed by atoms with E-state index in [1.807, 2.05) is 0 Å². The highest BCUT2D eigenvalue weighted by atomic mass is 79.9. The van der Waals surface area contributed by atoms with Gasteiger partial charge in [0.1, 0.15) is 0 Å². The summed E-state index contributed by atoms with van der Waals surface area (Å²) in [6.45, 7) is 3.10. The van der Waals surface area contributed by atoms with Gasteiger partial charge in [-0.25, -0.2) is 0 Å². The zero-order valence-electron chi connectivity index (χ0n) is 11.3. The summed E-state index contributed by atoms with van der Waals surface area (Å²) in [7, 11) is 0. The highest BCUT2D eigenvalue weighted by Crippen LogP contribution is 2.33. The number of fused-ring (bicyclic) bond motifs is 1. The van der Waals surface area contributed by atoms with Gasteiger partial charge < -0.3 is 5.32 Å². The van der Waals surface area contributed by atoms with Gasteiger partial charge in [-0.2, -0.15) is 0 Å². The minimum absolute atomic E-state index is 0.252. The van der Waals surface area contributed by atoms with Crippen molar-refractivity contribution in [3.05, 3.63) is 68.8 Å². The maximum atomic E-state index is 3.61. The van der Waals surface area contributed by atoms with E-state index >= 15 is 0 Å². The Hall–Kier alpha value is -1.16. The summed E-state index contributed by atoms with van der Waals surface area (Å²) in [5.41, 5.74) is 1.35. The molecule has 1 unspecified atom stereocenters. The summed E-state index contributed by atoms with van der Waals surface area (Å²) in [4.78, 5) is 1.34. The molecule has 1 aromatic heterocycles. The number of thiophene rings is 1. The van der Waals surface area contributed by atoms with Crippen molar-refractivity contribution in [1.29, 1.82) is 0 Å². The fraction of sp³-hybridized carbons (Fsp3) is 0.176. The van der Waals surface area contributed by atoms with E-state index in [-0.39, 0.29) is 6.04 Å². The van der Waals surface area contributed by atoms with Crippen molar-refractivity contribution in [2.75, 3.05) is 6.54 Å². The first kappa shape index (κ1) is 13.8. The summed E-state index contributed by atoms with van der Waals surface area (Å²) in [6.07, 6.45) is 0. The van der Waals surface area contributed by atoms with Gasteiger partial charge in [0, 0.05) is 14.7 Å². The maximum absolute atomic E-state index is 3.61. The number of hydrogen-bond acceptors (Lipinski definition) is 2. The Morgan fingerprint density at radius 1 is 1.15 bits per heavy atom. The zero-order chi connectivity index (χ0) is 13.9. The molecule has 3 aromatic rings. The van der Waals surface area contributed by atoms with Crippen LogP contribution < -0.4 is 5.32 Å². The second-order valence-corrected chi connectivity index (χ2v) is 6.58. The summed E-state index contributed by atoms with van der Waals surface area (Å²) in [5.74, 6) is 0. The van der Waals surface area contributed by atoms with Crippen LogP contribution in [0.3, 0.4) is 0 Å². The molecule has 0 saturated heterocycles. The molecule has 0 radical (unpaired) electrons. The lowest BCUT2D eigenvalue weighted by molar-refractivity contribution is 0.643. The van der Waals surface area contributed by atoms with Crippen molar-refractivity contribution in [1.82, 2.24) is 5.32 Å². The molecule has 1 N–H and O–H groups in total. The highest BCUT2D eigenvalue weighted by Gasteiger charge is 2.17. The lowest BCUT2D eigenvalue weighted by Gasteiger charge is -2.19. The average Bonchev–Trinajstić information content (AvgIpc) is 2.91. The second kappa shape index (κ2) is 6.08. The lowest BCUT2D eigenvalue weighted by atomic mass is 9.98. The van der Waals surface area contributed by atoms with Crippen LogP contribution in [-0.2, 0) is 0 Å². The normalized spacial score (nSPS) is 12.7. The van der Waals surface area contributed by atoms with Crippen LogP contribution in [0.4, 0.5) is 0 Å². The van der Waals surface area contributed by atoms with Gasteiger partial charge in [0.05, 0.1) is 6.04 Å². The molecule has 3 heteroatoms. The minimum Gasteiger partial charge on any atom is -0.306 e. The van der Waals surface area contributed by atoms with Crippen LogP contribution in [0.15, 0.2) is 58.4 Å². The van der Waals surface area contributed by atoms with Crippen LogP contribution in [-0.4, -0.2) is 6.54 Å². The molecule has 0 bridgehead atoms. The molecule has 102 valence electrons. The molecule has 1 atom stereocenters. The topological polar surface area (TPSA) is 12.0 Å². The van der Waals surface area contributed by atoms with Crippen molar-refractivity contribution in [3.8, 4) is 0 Å². The monoisotopic (exact) mass is 345 g/mol. The Bertz CT molecular complexity index is 714. The number of nitrogens with one attached hydrogen (secondary N) is 1. The quantitative estimate of drug-likeness (QED) is 0.670. The Morgan fingerprint density at radius 3 is 2.70 bits per heavy atom. The van der Waals surface area contributed by atoms with E-state index in [2.05, 4.69) is 82.1 Å². The molecule has 0 aliphatic carbocycles. The van der Waals surface area contributed by atoms with Gasteiger partial charge in [-0.15, -0.1) is 11.3 Å². The Labute approximate surface area is 131 Å². The molecule has 0 amide bonds. The number of hydrogen-bond donors (Lipinski definition) is 1. The molecule has 0 saturated carbocycles. The number of benzene rings is 2. The largest absolute Gasteiger partial charge is 0.306 e. The van der Waals surface area contributed by atoms with Crippen LogP contribution in [0.1, 0.15) is 23.4 Å². The fourth-order valence-electron chi connectivity index (χ4n) is 2.55. The van der Waals surface area contributed by atoms with Gasteiger partial charge >= 0.3 is 0 Å². The molecular weight excluding hydrogens is 330 g/mol. The van der Waals surface area contributed by atoms with Crippen molar-refractivity contribution >= 4 is 38.0 Å². The van der Waals surface area contributed by atoms with E-state index < -0.39 is 0 Å². The number of halogens is 1. The van der Waals surface area contributed by atoms with Crippen LogP contribution in [0, 0.1) is 0 Å². The fourth-order valence-corrected chi connectivity index (χ4v) is 4.09. The molecule has 20 heavy (non-hydrogen) atoms. The van der Waals surface area contributed by atoms with E-state index in [1.165, 1.54) is 21.2 Å². The third kappa shape index (κ3) is 2.66. The van der Waals surface area contributed by atoms with Crippen molar-refractivity contribution in [3.63, 3.8) is 0 Å². The van der Waals surface area contributed by atoms with Gasteiger partial charge in [0.25, 0.3) is 0 Å². The van der Waals surface area contributed by atoms with Crippen LogP contribution in [0.2, 0.25) is 0 Å². The highest BCUT2D eigenvalue weighted by molar-refractivity contribution is 9.10. The van der Waals surface area contributed by atoms with Gasteiger partial charge in [-0.3, -0.25) is 0 Å². The molecule has 1 nitrogen and oxygen atoms in total. The molecule has 0 fully saturated rings. The van der Waals surface area contributed by atoms with E-state index in [9.17, 15) is 0 Å². The van der Waals surface area contributed by atoms with Gasteiger partial charge in [-0.05, 0) is 44.9 Å². The Kier molecular flexibility index (Phi) is 4.20. The average molecular weight is 346 g/mol. The van der Waals surface area contributed by atoms with Crippen LogP contribution >= 0.6 is 27.3 Å². The van der Waals surface area contributed by atoms with Gasteiger partial charge in [0.15, 0.2) is 0 Å². The van der Waals surface area contributed by atoms with E-state index in [0.29, 0.717) is 0 Å². The van der Waals surface area contributed by atoms with E-state index in [1.54, 1.807) is 11.3 Å². The molecule has 0 aliphatic rings. The first-order valence-corrected chi connectivity index (χ1v) is 8.42. The summed E-state index contributed by atoms with van der Waals surface area (Å²) >= 11 is 5.35. The molecule has 3 rings (SSSR count). The summed E-state index contributed by atoms with van der Waals surface area (Å²) in [6, 6.07) is 17.6. The second-order valence-electron chi connectivity index (χ2n) is 4.73. The maximum Gasteiger partial charge on any atom is 0.0677 e. The molecule has 1 heterocycles. The standard InChI is InChI=1S/C17H16BrNS/c1-2-19-17(16-10-13(18)11-20-16)15-9-5-7-12-6-3-4-8-14(12)15/h3-11,17,19H,2H2,1H3. The summed E-state index contributed by atoms with van der Waals surface area (Å²) < 4.78 is 1.15. The van der Waals surface area contributed by atoms with E-state index in [0.717, 1.165) is 11.0 Å². The van der Waals surface area contributed by atoms with Crippen LogP contribution in [0.25, 0.3) is 10.8 Å². The van der Waals surface area contributed by atoms with Crippen molar-refractivity contribution in [2.45, 2.75) is 13.0 Å². The minimum atomic E-state index is 0.252. The van der Waals surface area contributed by atoms with Gasteiger partial charge in [0.2, 0.25) is 0 Å². The molecule has 0 spiro atoms. The first-order valence-electron chi connectivity index (χ1n) is 6.74. The predicted octanol–water partition coefficient (Wildman–Crippen LogP) is 5.36. The first-order chi connectivity index (χ1) is 9.79. The van der Waals surface area contributed by atoms with E-state index in [4.69, 9.17) is 0 Å².